The molecule has 2 aliphatic heterocycles. The highest BCUT2D eigenvalue weighted by molar-refractivity contribution is 6.94. The average Bonchev–Trinajstić information content (AvgIpc) is 3.30. The summed E-state index contributed by atoms with van der Waals surface area (Å²) in [5.74, 6) is -1.45. The quantitative estimate of drug-likeness (QED) is 0.173. The summed E-state index contributed by atoms with van der Waals surface area (Å²) in [6.07, 6.45) is -0.817. The average molecular weight is 634 g/mol. The van der Waals surface area contributed by atoms with Gasteiger partial charge < -0.3 is 24.1 Å². The van der Waals surface area contributed by atoms with Crippen molar-refractivity contribution in [3.63, 3.8) is 0 Å². The Bertz CT molecular complexity index is 1780. The van der Waals surface area contributed by atoms with Crippen molar-refractivity contribution in [2.45, 2.75) is 104 Å². The fourth-order valence-electron chi connectivity index (χ4n) is 6.10. The van der Waals surface area contributed by atoms with Gasteiger partial charge in [-0.25, -0.2) is 14.6 Å². The first kappa shape index (κ1) is 32.4. The largest absolute Gasteiger partial charge is 0.457 e. The fourth-order valence-corrected chi connectivity index (χ4v) is 8.69. The number of esters is 2. The van der Waals surface area contributed by atoms with Crippen molar-refractivity contribution in [1.82, 2.24) is 14.9 Å². The Labute approximate surface area is 264 Å². The molecule has 2 aliphatic rings. The van der Waals surface area contributed by atoms with E-state index in [9.17, 15) is 19.2 Å². The lowest BCUT2D eigenvalue weighted by atomic mass is 9.85. The summed E-state index contributed by atoms with van der Waals surface area (Å²) in [5.41, 5.74) is 0.991. The van der Waals surface area contributed by atoms with E-state index < -0.39 is 37.3 Å². The molecule has 3 aromatic rings. The van der Waals surface area contributed by atoms with E-state index in [0.29, 0.717) is 23.5 Å². The van der Waals surface area contributed by atoms with E-state index in [4.69, 9.17) is 19.2 Å². The van der Waals surface area contributed by atoms with Crippen molar-refractivity contribution < 1.29 is 28.6 Å². The molecule has 10 nitrogen and oxygen atoms in total. The third kappa shape index (κ3) is 5.55. The molecule has 0 bridgehead atoms. The predicted molar refractivity (Wildman–Crippen MR) is 174 cm³/mol. The van der Waals surface area contributed by atoms with Gasteiger partial charge in [-0.05, 0) is 60.5 Å². The lowest BCUT2D eigenvalue weighted by Gasteiger charge is -2.39. The number of carbonyl (C=O) groups excluding carboxylic acids is 3. The van der Waals surface area contributed by atoms with Gasteiger partial charge in [-0.3, -0.25) is 9.59 Å². The van der Waals surface area contributed by atoms with Crippen LogP contribution in [-0.4, -0.2) is 47.8 Å². The molecule has 0 aliphatic carbocycles. The number of pyridine rings is 2. The van der Waals surface area contributed by atoms with Crippen molar-refractivity contribution in [2.24, 2.45) is 0 Å². The Balaban J connectivity index is 1.58. The molecule has 1 aromatic carbocycles. The lowest BCUT2D eigenvalue weighted by molar-refractivity contribution is -0.189. The number of nitrogens with zero attached hydrogens (tertiary/aromatic N) is 2. The smallest absolute Gasteiger partial charge is 0.407 e. The van der Waals surface area contributed by atoms with Gasteiger partial charge in [0.05, 0.1) is 43.5 Å². The molecule has 0 fully saturated rings. The first-order chi connectivity index (χ1) is 20.9. The van der Waals surface area contributed by atoms with E-state index in [-0.39, 0.29) is 42.2 Å². The molecule has 1 amide bonds. The number of nitrogens with one attached hydrogen (secondary N) is 1. The maximum atomic E-state index is 14.1. The van der Waals surface area contributed by atoms with Gasteiger partial charge in [0, 0.05) is 12.1 Å². The maximum Gasteiger partial charge on any atom is 0.407 e. The Morgan fingerprint density at radius 2 is 1.78 bits per heavy atom. The predicted octanol–water partition coefficient (Wildman–Crippen LogP) is 5.26. The number of hydrogen-bond acceptors (Lipinski definition) is 8. The number of rotatable bonds is 6. The lowest BCUT2D eigenvalue weighted by Crippen LogP contribution is -2.51. The molecule has 45 heavy (non-hydrogen) atoms. The van der Waals surface area contributed by atoms with Gasteiger partial charge in [0.25, 0.3) is 5.56 Å². The highest BCUT2D eigenvalue weighted by atomic mass is 28.3. The van der Waals surface area contributed by atoms with Gasteiger partial charge in [0.15, 0.2) is 0 Å². The molecule has 0 saturated carbocycles. The molecule has 2 aromatic heterocycles. The molecular weight excluding hydrogens is 590 g/mol. The second-order valence-electron chi connectivity index (χ2n) is 14.4. The van der Waals surface area contributed by atoms with E-state index in [1.807, 2.05) is 18.2 Å². The SMILES string of the molecule is CCC1(OC(=O)CCNC(=O)OC(C)(C)C)C(=O)OCc2c1cc1n(c2=O)Cc2c-1nc1ccccc1c2[Si](C)(C)C(C)(C)C. The standard InChI is InChI=1S/C34H43N3O7Si/c1-10-34(43-26(38)15-16-35-31(41)44-32(2,3)4)23-17-25-27-21(18-37(25)29(39)22(23)19-42-30(34)40)28(45(8,9)33(5,6)7)20-13-11-12-14-24(20)36-27/h11-14,17H,10,15-16,18-19H2,1-9H3,(H,35,41). The Morgan fingerprint density at radius 3 is 2.42 bits per heavy atom. The minimum Gasteiger partial charge on any atom is -0.457 e. The van der Waals surface area contributed by atoms with Crippen LogP contribution in [0.4, 0.5) is 4.79 Å². The molecule has 1 atom stereocenters. The van der Waals surface area contributed by atoms with Crippen LogP contribution in [0.3, 0.4) is 0 Å². The first-order valence-electron chi connectivity index (χ1n) is 15.5. The zero-order valence-corrected chi connectivity index (χ0v) is 28.7. The fraction of sp³-hybridized carbons (Fsp3) is 0.500. The van der Waals surface area contributed by atoms with Crippen molar-refractivity contribution in [3.8, 4) is 11.4 Å². The van der Waals surface area contributed by atoms with E-state index >= 15 is 0 Å². The highest BCUT2D eigenvalue weighted by Crippen LogP contribution is 2.43. The van der Waals surface area contributed by atoms with Crippen LogP contribution >= 0.6 is 0 Å². The number of ether oxygens (including phenoxy) is 3. The molecule has 1 N–H and O–H groups in total. The molecule has 4 heterocycles. The van der Waals surface area contributed by atoms with Crippen LogP contribution < -0.4 is 16.1 Å². The topological polar surface area (TPSA) is 126 Å². The zero-order chi connectivity index (χ0) is 33.1. The van der Waals surface area contributed by atoms with Crippen molar-refractivity contribution in [3.05, 3.63) is 57.4 Å². The van der Waals surface area contributed by atoms with Crippen LogP contribution in [0, 0.1) is 0 Å². The second-order valence-corrected chi connectivity index (χ2v) is 19.7. The van der Waals surface area contributed by atoms with Crippen LogP contribution in [0.1, 0.15) is 78.0 Å². The van der Waals surface area contributed by atoms with Gasteiger partial charge in [-0.2, -0.15) is 0 Å². The molecule has 1 unspecified atom stereocenters. The number of aromatic nitrogens is 2. The van der Waals surface area contributed by atoms with Crippen LogP contribution in [0.25, 0.3) is 22.3 Å². The third-order valence-corrected chi connectivity index (χ3v) is 14.9. The van der Waals surface area contributed by atoms with Gasteiger partial charge in [-0.15, -0.1) is 0 Å². The highest BCUT2D eigenvalue weighted by Gasteiger charge is 2.51. The number of benzene rings is 1. The van der Waals surface area contributed by atoms with Gasteiger partial charge in [0.2, 0.25) is 5.60 Å². The van der Waals surface area contributed by atoms with Crippen molar-refractivity contribution in [1.29, 1.82) is 0 Å². The van der Waals surface area contributed by atoms with Gasteiger partial charge >= 0.3 is 18.0 Å². The summed E-state index contributed by atoms with van der Waals surface area (Å²) in [5, 5.41) is 4.92. The summed E-state index contributed by atoms with van der Waals surface area (Å²) in [6, 6.07) is 9.88. The minimum atomic E-state index is -2.14. The molecule has 0 radical (unpaired) electrons. The van der Waals surface area contributed by atoms with Gasteiger partial charge in [0.1, 0.15) is 12.2 Å². The zero-order valence-electron chi connectivity index (χ0n) is 27.7. The van der Waals surface area contributed by atoms with Crippen LogP contribution in [0.2, 0.25) is 18.1 Å². The van der Waals surface area contributed by atoms with E-state index in [2.05, 4.69) is 45.2 Å². The van der Waals surface area contributed by atoms with Crippen LogP contribution in [0.15, 0.2) is 35.1 Å². The summed E-state index contributed by atoms with van der Waals surface area (Å²) >= 11 is 0. The number of para-hydroxylation sites is 1. The molecule has 240 valence electrons. The number of alkyl carbamates (subject to hydrolysis) is 1. The summed E-state index contributed by atoms with van der Waals surface area (Å²) < 4.78 is 18.3. The van der Waals surface area contributed by atoms with Crippen LogP contribution in [0.5, 0.6) is 0 Å². The number of fused-ring (bicyclic) bond motifs is 5. The van der Waals surface area contributed by atoms with E-state index in [1.165, 1.54) is 5.19 Å². The first-order valence-corrected chi connectivity index (χ1v) is 18.5. The number of amides is 1. The van der Waals surface area contributed by atoms with Crippen molar-refractivity contribution >= 4 is 42.2 Å². The Morgan fingerprint density at radius 1 is 1.09 bits per heavy atom. The Hall–Kier alpha value is -3.99. The summed E-state index contributed by atoms with van der Waals surface area (Å²) in [6.45, 7) is 18.5. The monoisotopic (exact) mass is 633 g/mol. The van der Waals surface area contributed by atoms with Crippen LogP contribution in [-0.2, 0) is 42.6 Å². The van der Waals surface area contributed by atoms with Crippen molar-refractivity contribution in [2.75, 3.05) is 6.54 Å². The molecule has 5 rings (SSSR count). The Kier molecular flexibility index (Phi) is 8.00. The van der Waals surface area contributed by atoms with E-state index in [1.54, 1.807) is 38.3 Å². The second kappa shape index (κ2) is 11.1. The van der Waals surface area contributed by atoms with Gasteiger partial charge in [-0.1, -0.05) is 59.0 Å². The third-order valence-electron chi connectivity index (χ3n) is 9.35. The number of hydrogen-bond donors (Lipinski definition) is 1. The molecule has 11 heteroatoms. The number of cyclic esters (lactones) is 1. The molecular formula is C34H43N3O7Si. The van der Waals surface area contributed by atoms with E-state index in [0.717, 1.165) is 16.5 Å². The minimum absolute atomic E-state index is 0.0219. The summed E-state index contributed by atoms with van der Waals surface area (Å²) in [7, 11) is -2.14. The molecule has 0 spiro atoms. The number of carbonyl (C=O) groups is 3. The maximum absolute atomic E-state index is 14.1. The normalized spacial score (nSPS) is 17.7. The summed E-state index contributed by atoms with van der Waals surface area (Å²) in [4.78, 5) is 57.7. The molecule has 0 saturated heterocycles.